The van der Waals surface area contributed by atoms with Crippen LogP contribution >= 0.6 is 0 Å². The molecule has 1 saturated carbocycles. The molecule has 7 heteroatoms. The molecular formula is C10H16F3NO3. The molecule has 0 aromatic heterocycles. The molecule has 0 saturated heterocycles. The van der Waals surface area contributed by atoms with Crippen LogP contribution in [0.3, 0.4) is 0 Å². The second-order valence-corrected chi connectivity index (χ2v) is 4.79. The maximum Gasteiger partial charge on any atom is 0.471 e. The van der Waals surface area contributed by atoms with Crippen LogP contribution in [0.25, 0.3) is 0 Å². The minimum Gasteiger partial charge on any atom is -0.394 e. The third-order valence-corrected chi connectivity index (χ3v) is 2.95. The van der Waals surface area contributed by atoms with E-state index in [0.717, 1.165) is 0 Å². The van der Waals surface area contributed by atoms with Gasteiger partial charge in [-0.2, -0.15) is 13.2 Å². The van der Waals surface area contributed by atoms with Crippen molar-refractivity contribution in [1.82, 2.24) is 5.32 Å². The van der Waals surface area contributed by atoms with Crippen LogP contribution in [-0.4, -0.2) is 40.5 Å². The first-order valence-corrected chi connectivity index (χ1v) is 5.37. The molecule has 3 N–H and O–H groups in total. The normalized spacial score (nSPS) is 30.6. The Hall–Kier alpha value is -0.820. The van der Waals surface area contributed by atoms with Crippen LogP contribution in [0.15, 0.2) is 0 Å². The van der Waals surface area contributed by atoms with Crippen molar-refractivity contribution in [2.45, 2.75) is 44.0 Å². The van der Waals surface area contributed by atoms with Gasteiger partial charge in [-0.1, -0.05) is 6.92 Å². The Morgan fingerprint density at radius 1 is 1.53 bits per heavy atom. The third-order valence-electron chi connectivity index (χ3n) is 2.95. The van der Waals surface area contributed by atoms with Crippen molar-refractivity contribution in [3.05, 3.63) is 0 Å². The maximum atomic E-state index is 12.1. The van der Waals surface area contributed by atoms with Gasteiger partial charge in [0.05, 0.1) is 12.7 Å². The molecule has 0 aliphatic heterocycles. The molecule has 100 valence electrons. The van der Waals surface area contributed by atoms with Crippen LogP contribution in [-0.2, 0) is 4.79 Å². The van der Waals surface area contributed by atoms with E-state index in [-0.39, 0.29) is 12.3 Å². The number of aliphatic hydroxyl groups excluding tert-OH is 2. The molecule has 17 heavy (non-hydrogen) atoms. The Bertz CT molecular complexity index is 287. The summed E-state index contributed by atoms with van der Waals surface area (Å²) in [5.41, 5.74) is -1.03. The highest BCUT2D eigenvalue weighted by atomic mass is 19.4. The van der Waals surface area contributed by atoms with Crippen LogP contribution in [0, 0.1) is 5.92 Å². The van der Waals surface area contributed by atoms with Gasteiger partial charge in [0.2, 0.25) is 0 Å². The predicted molar refractivity (Wildman–Crippen MR) is 53.0 cm³/mol. The molecule has 0 aromatic carbocycles. The molecule has 1 unspecified atom stereocenters. The minimum absolute atomic E-state index is 0.0599. The smallest absolute Gasteiger partial charge is 0.394 e. The molecule has 1 fully saturated rings. The maximum absolute atomic E-state index is 12.1. The van der Waals surface area contributed by atoms with Crippen molar-refractivity contribution in [1.29, 1.82) is 0 Å². The molecule has 0 bridgehead atoms. The van der Waals surface area contributed by atoms with Crippen molar-refractivity contribution in [2.75, 3.05) is 6.61 Å². The number of rotatable bonds is 4. The van der Waals surface area contributed by atoms with Gasteiger partial charge in [-0.05, 0) is 25.2 Å². The number of carbonyl (C=O) groups is 1. The molecule has 0 aromatic rings. The standard InChI is InChI=1S/C10H16F3NO3/c1-6-2-9(3-6,4-7(16)5-15)14-8(17)10(11,12)13/h6-7,15-16H,2-5H2,1H3,(H,14,17)/t6-,7?,9-. The zero-order valence-corrected chi connectivity index (χ0v) is 9.42. The Kier molecular flexibility index (Phi) is 4.03. The van der Waals surface area contributed by atoms with Gasteiger partial charge in [0.25, 0.3) is 0 Å². The zero-order chi connectivity index (χ0) is 13.3. The number of hydrogen-bond acceptors (Lipinski definition) is 3. The van der Waals surface area contributed by atoms with Crippen molar-refractivity contribution < 1.29 is 28.2 Å². The fraction of sp³-hybridized carbons (Fsp3) is 0.900. The number of halogens is 3. The average molecular weight is 255 g/mol. The number of nitrogens with one attached hydrogen (secondary N) is 1. The lowest BCUT2D eigenvalue weighted by Crippen LogP contribution is -2.60. The van der Waals surface area contributed by atoms with Gasteiger partial charge >= 0.3 is 12.1 Å². The zero-order valence-electron chi connectivity index (χ0n) is 9.42. The van der Waals surface area contributed by atoms with Gasteiger partial charge in [-0.3, -0.25) is 4.79 Å². The topological polar surface area (TPSA) is 69.6 Å². The Labute approximate surface area is 96.8 Å². The summed E-state index contributed by atoms with van der Waals surface area (Å²) in [6.07, 6.45) is -5.33. The van der Waals surface area contributed by atoms with Crippen LogP contribution in [0.1, 0.15) is 26.2 Å². The van der Waals surface area contributed by atoms with E-state index in [1.165, 1.54) is 0 Å². The van der Waals surface area contributed by atoms with Gasteiger partial charge < -0.3 is 15.5 Å². The number of aliphatic hydroxyl groups is 2. The summed E-state index contributed by atoms with van der Waals surface area (Å²) < 4.78 is 36.4. The van der Waals surface area contributed by atoms with Crippen molar-refractivity contribution in [2.24, 2.45) is 5.92 Å². The average Bonchev–Trinajstić information content (AvgIpc) is 2.13. The SMILES string of the molecule is C[C@H]1C[C@](CC(O)CO)(NC(=O)C(F)(F)F)C1. The molecule has 4 nitrogen and oxygen atoms in total. The lowest BCUT2D eigenvalue weighted by molar-refractivity contribution is -0.178. The van der Waals surface area contributed by atoms with E-state index in [9.17, 15) is 23.1 Å². The Morgan fingerprint density at radius 2 is 2.06 bits per heavy atom. The Balaban J connectivity index is 2.64. The second kappa shape index (κ2) is 4.81. The van der Waals surface area contributed by atoms with E-state index in [1.807, 2.05) is 12.2 Å². The van der Waals surface area contributed by atoms with Crippen molar-refractivity contribution >= 4 is 5.91 Å². The van der Waals surface area contributed by atoms with Crippen molar-refractivity contribution in [3.8, 4) is 0 Å². The Morgan fingerprint density at radius 3 is 2.41 bits per heavy atom. The van der Waals surface area contributed by atoms with E-state index in [1.54, 1.807) is 0 Å². The van der Waals surface area contributed by atoms with E-state index in [4.69, 9.17) is 5.11 Å². The van der Waals surface area contributed by atoms with E-state index < -0.39 is 30.3 Å². The minimum atomic E-state index is -4.92. The van der Waals surface area contributed by atoms with Crippen LogP contribution in [0.4, 0.5) is 13.2 Å². The molecule has 0 radical (unpaired) electrons. The lowest BCUT2D eigenvalue weighted by Gasteiger charge is -2.48. The van der Waals surface area contributed by atoms with Gasteiger partial charge in [-0.25, -0.2) is 0 Å². The molecule has 0 spiro atoms. The van der Waals surface area contributed by atoms with Crippen LogP contribution < -0.4 is 5.32 Å². The summed E-state index contributed by atoms with van der Waals surface area (Å²) in [5, 5.41) is 19.9. The largest absolute Gasteiger partial charge is 0.471 e. The highest BCUT2D eigenvalue weighted by Crippen LogP contribution is 2.41. The monoisotopic (exact) mass is 255 g/mol. The summed E-state index contributed by atoms with van der Waals surface area (Å²) in [4.78, 5) is 10.9. The second-order valence-electron chi connectivity index (χ2n) is 4.79. The van der Waals surface area contributed by atoms with Gasteiger partial charge in [0.15, 0.2) is 0 Å². The van der Waals surface area contributed by atoms with E-state index in [0.29, 0.717) is 12.8 Å². The highest BCUT2D eigenvalue weighted by molar-refractivity contribution is 5.82. The van der Waals surface area contributed by atoms with E-state index in [2.05, 4.69) is 0 Å². The number of hydrogen-bond donors (Lipinski definition) is 3. The summed E-state index contributed by atoms with van der Waals surface area (Å²) >= 11 is 0. The molecular weight excluding hydrogens is 239 g/mol. The molecule has 1 aliphatic carbocycles. The van der Waals surface area contributed by atoms with Crippen molar-refractivity contribution in [3.63, 3.8) is 0 Å². The molecule has 1 atom stereocenters. The first-order valence-electron chi connectivity index (χ1n) is 5.37. The van der Waals surface area contributed by atoms with Gasteiger partial charge in [-0.15, -0.1) is 0 Å². The predicted octanol–water partition coefficient (Wildman–Crippen LogP) is 0.577. The molecule has 1 rings (SSSR count). The number of amides is 1. The number of alkyl halides is 3. The molecule has 1 aliphatic rings. The summed E-state index contributed by atoms with van der Waals surface area (Å²) in [7, 11) is 0. The lowest BCUT2D eigenvalue weighted by atomic mass is 9.66. The number of carbonyl (C=O) groups excluding carboxylic acids is 1. The van der Waals surface area contributed by atoms with Gasteiger partial charge in [0, 0.05) is 5.54 Å². The fourth-order valence-corrected chi connectivity index (χ4v) is 2.42. The first kappa shape index (κ1) is 14.2. The van der Waals surface area contributed by atoms with Crippen LogP contribution in [0.2, 0.25) is 0 Å². The van der Waals surface area contributed by atoms with Gasteiger partial charge in [0.1, 0.15) is 0 Å². The van der Waals surface area contributed by atoms with E-state index >= 15 is 0 Å². The molecule has 1 amide bonds. The summed E-state index contributed by atoms with van der Waals surface area (Å²) in [5.74, 6) is -1.79. The third kappa shape index (κ3) is 3.57. The molecule has 0 heterocycles. The summed E-state index contributed by atoms with van der Waals surface area (Å²) in [6.45, 7) is 1.32. The quantitative estimate of drug-likeness (QED) is 0.688. The first-order chi connectivity index (χ1) is 7.68. The van der Waals surface area contributed by atoms with Crippen LogP contribution in [0.5, 0.6) is 0 Å². The fourth-order valence-electron chi connectivity index (χ4n) is 2.42. The highest BCUT2D eigenvalue weighted by Gasteiger charge is 2.49. The summed E-state index contributed by atoms with van der Waals surface area (Å²) in [6, 6.07) is 0.